The number of halogens is 5. The van der Waals surface area contributed by atoms with E-state index in [9.17, 15) is 0 Å². The zero-order valence-corrected chi connectivity index (χ0v) is 26.8. The zero-order chi connectivity index (χ0) is 24.5. The molecule has 4 heterocycles. The van der Waals surface area contributed by atoms with Crippen LogP contribution in [0.3, 0.4) is 0 Å². The maximum atomic E-state index is 4.81. The fourth-order valence-corrected chi connectivity index (χ4v) is 6.49. The number of thiophene rings is 4. The Balaban J connectivity index is 0.000000260. The first-order chi connectivity index (χ1) is 15.9. The van der Waals surface area contributed by atoms with Gasteiger partial charge >= 0.3 is 24.8 Å². The molecule has 0 fully saturated rings. The first-order valence-electron chi connectivity index (χ1n) is 9.29. The van der Waals surface area contributed by atoms with Gasteiger partial charge < -0.3 is 0 Å². The van der Waals surface area contributed by atoms with E-state index in [1.807, 2.05) is 0 Å². The van der Waals surface area contributed by atoms with E-state index in [-0.39, 0.29) is 0 Å². The van der Waals surface area contributed by atoms with Crippen molar-refractivity contribution in [3.05, 3.63) is 86.4 Å². The van der Waals surface area contributed by atoms with E-state index < -0.39 is 4.30 Å². The van der Waals surface area contributed by atoms with Crippen LogP contribution >= 0.6 is 125 Å². The van der Waals surface area contributed by atoms with Crippen molar-refractivity contribution in [3.63, 3.8) is 0 Å². The van der Waals surface area contributed by atoms with E-state index in [1.165, 1.54) is 42.7 Å². The number of alkyl halides is 3. The molecule has 0 N–H and O–H groups in total. The molecule has 0 unspecified atom stereocenters. The first kappa shape index (κ1) is 31.9. The minimum Gasteiger partial charge on any atom is -0.152 e. The maximum absolute atomic E-state index is 4.81. The van der Waals surface area contributed by atoms with Gasteiger partial charge in [0.2, 0.25) is 0 Å². The van der Waals surface area contributed by atoms with E-state index in [4.69, 9.17) is 34.8 Å². The van der Waals surface area contributed by atoms with Gasteiger partial charge in [-0.25, -0.2) is 0 Å². The summed E-state index contributed by atoms with van der Waals surface area (Å²) in [6.45, 7) is 0. The van der Waals surface area contributed by atoms with Crippen molar-refractivity contribution in [2.45, 2.75) is 30.0 Å². The minimum absolute atomic E-state index is 0.750. The first-order valence-corrected chi connectivity index (χ1v) is 16.2. The fraction of sp³-hybridized carbons (Fsp3) is 0.238. The van der Waals surface area contributed by atoms with E-state index in [0.29, 0.717) is 0 Å². The molecule has 0 saturated carbocycles. The topological polar surface area (TPSA) is 12.4 Å². The van der Waals surface area contributed by atoms with Crippen LogP contribution in [-0.4, -0.2) is 11.9 Å². The van der Waals surface area contributed by atoms with Gasteiger partial charge in [0.05, 0.1) is 7.57 Å². The predicted molar refractivity (Wildman–Crippen MR) is 166 cm³/mol. The van der Waals surface area contributed by atoms with Gasteiger partial charge in [-0.3, -0.25) is 0 Å². The van der Waals surface area contributed by atoms with Crippen molar-refractivity contribution >= 4 is 132 Å². The molecule has 177 valence electrons. The van der Waals surface area contributed by atoms with Crippen LogP contribution in [0.1, 0.15) is 22.3 Å². The summed E-state index contributed by atoms with van der Waals surface area (Å²) >= 11 is 31.8. The second-order valence-corrected chi connectivity index (χ2v) is 14.3. The van der Waals surface area contributed by atoms with Crippen LogP contribution in [0.5, 0.6) is 0 Å². The standard InChI is InChI=1S/C10H8Br2S2.C10H10S2.CHCl3.BHNS/c11-9-7(3-5-13-9)1-2-8-4-6-14-10(8)12;1(9-3-5-11-7-9)2-10-4-6-12-8-10;2-1(3)4;1-2-3/h3-6H,1-2H2;3-8H,1-2H2;1H;3H. The largest absolute Gasteiger partial charge is 0.152 e. The van der Waals surface area contributed by atoms with Crippen molar-refractivity contribution in [1.29, 1.82) is 0 Å². The summed E-state index contributed by atoms with van der Waals surface area (Å²) in [5.41, 5.74) is 5.75. The van der Waals surface area contributed by atoms with Crippen LogP contribution in [-0.2, 0) is 25.7 Å². The van der Waals surface area contributed by atoms with Gasteiger partial charge in [-0.1, -0.05) is 34.8 Å². The molecule has 0 aliphatic rings. The minimum atomic E-state index is -0.750. The Bertz CT molecular complexity index is 914. The van der Waals surface area contributed by atoms with Gasteiger partial charge in [0, 0.05) is 0 Å². The molecule has 12 heteroatoms. The van der Waals surface area contributed by atoms with Crippen LogP contribution in [0.4, 0.5) is 0 Å². The van der Waals surface area contributed by atoms with Crippen LogP contribution in [0.2, 0.25) is 0 Å². The van der Waals surface area contributed by atoms with Crippen LogP contribution in [0.15, 0.2) is 68.4 Å². The molecule has 4 rings (SSSR count). The molecule has 1 nitrogen and oxygen atoms in total. The maximum Gasteiger partial charge on any atom is -0.00611 e. The quantitative estimate of drug-likeness (QED) is 0.116. The van der Waals surface area contributed by atoms with E-state index >= 15 is 0 Å². The molecule has 0 amide bonds. The van der Waals surface area contributed by atoms with Crippen LogP contribution in [0.25, 0.3) is 0 Å². The molecule has 4 aromatic rings. The number of thiol groups is 1. The molecular formula is C21H20BBr2Cl3NS5. The smallest absolute Gasteiger partial charge is 0.00611 e. The van der Waals surface area contributed by atoms with Crippen molar-refractivity contribution < 1.29 is 0 Å². The predicted octanol–water partition coefficient (Wildman–Crippen LogP) is 10.9. The summed E-state index contributed by atoms with van der Waals surface area (Å²) in [4.78, 5) is 0. The van der Waals surface area contributed by atoms with Crippen molar-refractivity contribution in [3.8, 4) is 0 Å². The molecule has 0 aliphatic heterocycles. The van der Waals surface area contributed by atoms with Gasteiger partial charge in [0.15, 0.2) is 4.30 Å². The van der Waals surface area contributed by atoms with E-state index in [1.54, 1.807) is 45.3 Å². The summed E-state index contributed by atoms with van der Waals surface area (Å²) in [5.74, 6) is 0. The average Bonchev–Trinajstić information content (AvgIpc) is 3.56. The third-order valence-corrected chi connectivity index (χ3v) is 9.00. The van der Waals surface area contributed by atoms with Gasteiger partial charge in [0.25, 0.3) is 0 Å². The van der Waals surface area contributed by atoms with Crippen molar-refractivity contribution in [2.75, 3.05) is 0 Å². The molecule has 0 saturated heterocycles. The third-order valence-electron chi connectivity index (χ3n) is 3.91. The Morgan fingerprint density at radius 3 is 1.36 bits per heavy atom. The number of hydrogen-bond donors (Lipinski definition) is 1. The van der Waals surface area contributed by atoms with Crippen molar-refractivity contribution in [1.82, 2.24) is 0 Å². The molecule has 4 aromatic heterocycles. The number of aryl methyl sites for hydroxylation is 4. The molecule has 0 aromatic carbocycles. The molecule has 1 radical (unpaired) electrons. The molecule has 33 heavy (non-hydrogen) atoms. The number of rotatable bonds is 6. The molecule has 0 spiro atoms. The van der Waals surface area contributed by atoms with Crippen LogP contribution < -0.4 is 0 Å². The Hall–Kier alpha value is 0.845. The summed E-state index contributed by atoms with van der Waals surface area (Å²) in [5, 5.41) is 13.0. The molecule has 0 aliphatic carbocycles. The molecule has 0 bridgehead atoms. The number of hydrogen-bond acceptors (Lipinski definition) is 6. The Kier molecular flexibility index (Phi) is 19.3. The van der Waals surface area contributed by atoms with Crippen LogP contribution in [0, 0.1) is 0 Å². The molecular weight excluding hydrogens is 704 g/mol. The molecule has 0 atom stereocenters. The Labute approximate surface area is 250 Å². The normalized spacial score (nSPS) is 9.76. The third kappa shape index (κ3) is 15.5. The summed E-state index contributed by atoms with van der Waals surface area (Å²) in [6, 6.07) is 8.79. The average molecular weight is 724 g/mol. The fourth-order valence-electron chi connectivity index (χ4n) is 2.43. The van der Waals surface area contributed by atoms with Gasteiger partial charge in [-0.05, 0) is 136 Å². The second-order valence-electron chi connectivity index (χ2n) is 6.07. The van der Waals surface area contributed by atoms with Gasteiger partial charge in [-0.15, -0.1) is 22.7 Å². The summed E-state index contributed by atoms with van der Waals surface area (Å²) < 4.78 is 4.48. The van der Waals surface area contributed by atoms with E-state index in [0.717, 1.165) is 12.8 Å². The van der Waals surface area contributed by atoms with Crippen molar-refractivity contribution in [2.24, 2.45) is 4.30 Å². The van der Waals surface area contributed by atoms with Gasteiger partial charge in [0.1, 0.15) is 0 Å². The summed E-state index contributed by atoms with van der Waals surface area (Å²) in [6.07, 6.45) is 4.58. The Morgan fingerprint density at radius 2 is 1.12 bits per heavy atom. The number of nitrogens with zero attached hydrogens (tertiary/aromatic N) is 1. The second kappa shape index (κ2) is 20.0. The summed E-state index contributed by atoms with van der Waals surface area (Å²) in [7, 11) is 4.34. The van der Waals surface area contributed by atoms with E-state index in [2.05, 4.69) is 113 Å². The zero-order valence-electron chi connectivity index (χ0n) is 17.2. The van der Waals surface area contributed by atoms with Gasteiger partial charge in [-0.2, -0.15) is 22.7 Å². The Morgan fingerprint density at radius 1 is 0.758 bits per heavy atom. The SMILES string of the molecule is Brc1sccc1CCc1ccsc1Br.ClC(Cl)Cl.[B]=NS.c1cc(CCc2ccsc2)cs1. The monoisotopic (exact) mass is 720 g/mol.